The first-order valence-corrected chi connectivity index (χ1v) is 17.0. The Balaban J connectivity index is 1.44. The van der Waals surface area contributed by atoms with Crippen LogP contribution < -0.4 is 0 Å². The smallest absolute Gasteiger partial charge is 0.410 e. The van der Waals surface area contributed by atoms with E-state index in [4.69, 9.17) is 9.57 Å². The second-order valence-corrected chi connectivity index (χ2v) is 15.3. The molecule has 0 N–H and O–H groups in total. The third-order valence-electron chi connectivity index (χ3n) is 9.48. The van der Waals surface area contributed by atoms with Crippen LogP contribution in [0.5, 0.6) is 0 Å². The minimum Gasteiger partial charge on any atom is -0.444 e. The van der Waals surface area contributed by atoms with E-state index in [1.807, 2.05) is 30.6 Å². The van der Waals surface area contributed by atoms with Crippen LogP contribution in [-0.2, 0) is 19.2 Å². The molecule has 0 aromatic rings. The van der Waals surface area contributed by atoms with Gasteiger partial charge >= 0.3 is 6.09 Å². The number of ether oxygens (including phenoxy) is 1. The van der Waals surface area contributed by atoms with Crippen molar-refractivity contribution >= 4 is 17.9 Å². The van der Waals surface area contributed by atoms with Crippen molar-refractivity contribution in [2.75, 3.05) is 46.3 Å². The number of piperazine rings is 1. The van der Waals surface area contributed by atoms with Crippen LogP contribution in [0.25, 0.3) is 0 Å². The van der Waals surface area contributed by atoms with Gasteiger partial charge in [-0.2, -0.15) is 5.06 Å². The second kappa shape index (κ2) is 14.5. The summed E-state index contributed by atoms with van der Waals surface area (Å²) in [6.07, 6.45) is 6.16. The molecule has 0 spiro atoms. The highest BCUT2D eigenvalue weighted by Crippen LogP contribution is 2.34. The first-order valence-electron chi connectivity index (χ1n) is 17.0. The molecule has 4 heterocycles. The number of fused-ring (bicyclic) bond motifs is 1. The predicted molar refractivity (Wildman–Crippen MR) is 167 cm³/mol. The van der Waals surface area contributed by atoms with Gasteiger partial charge in [-0.05, 0) is 110 Å². The third kappa shape index (κ3) is 8.85. The van der Waals surface area contributed by atoms with Crippen molar-refractivity contribution in [2.45, 2.75) is 130 Å². The Kier molecular flexibility index (Phi) is 11.4. The summed E-state index contributed by atoms with van der Waals surface area (Å²) in [7, 11) is 2.14. The highest BCUT2D eigenvalue weighted by atomic mass is 16.7. The van der Waals surface area contributed by atoms with Gasteiger partial charge in [-0.25, -0.2) is 4.79 Å². The van der Waals surface area contributed by atoms with Crippen LogP contribution in [0, 0.1) is 17.8 Å². The summed E-state index contributed by atoms with van der Waals surface area (Å²) in [5.74, 6) is 1.25. The number of hydrogen-bond donors (Lipinski definition) is 0. The summed E-state index contributed by atoms with van der Waals surface area (Å²) >= 11 is 0. The van der Waals surface area contributed by atoms with Gasteiger partial charge in [0.15, 0.2) is 6.10 Å². The largest absolute Gasteiger partial charge is 0.444 e. The van der Waals surface area contributed by atoms with Gasteiger partial charge in [0.25, 0.3) is 5.91 Å². The van der Waals surface area contributed by atoms with Crippen molar-refractivity contribution in [1.29, 1.82) is 0 Å². The van der Waals surface area contributed by atoms with Crippen LogP contribution in [0.2, 0.25) is 0 Å². The molecule has 246 valence electrons. The minimum absolute atomic E-state index is 0.0218. The molecule has 43 heavy (non-hydrogen) atoms. The predicted octanol–water partition coefficient (Wildman–Crippen LogP) is 4.58. The fourth-order valence-electron chi connectivity index (χ4n) is 7.18. The molecule has 4 fully saturated rings. The Morgan fingerprint density at radius 3 is 2.14 bits per heavy atom. The third-order valence-corrected chi connectivity index (χ3v) is 9.48. The van der Waals surface area contributed by atoms with E-state index in [2.05, 4.69) is 49.6 Å². The Bertz CT molecular complexity index is 952. The van der Waals surface area contributed by atoms with E-state index in [0.717, 1.165) is 71.2 Å². The van der Waals surface area contributed by atoms with Gasteiger partial charge in [0.2, 0.25) is 5.91 Å². The Morgan fingerprint density at radius 1 is 0.930 bits per heavy atom. The average molecular weight is 606 g/mol. The molecule has 0 radical (unpaired) electrons. The van der Waals surface area contributed by atoms with Crippen LogP contribution in [0.4, 0.5) is 4.79 Å². The maximum absolute atomic E-state index is 14.1. The van der Waals surface area contributed by atoms with E-state index in [1.165, 1.54) is 0 Å². The molecule has 0 aromatic heterocycles. The number of piperidine rings is 2. The highest BCUT2D eigenvalue weighted by molar-refractivity contribution is 5.91. The van der Waals surface area contributed by atoms with Gasteiger partial charge in [0.1, 0.15) is 17.8 Å². The first kappa shape index (κ1) is 34.0. The molecule has 4 rings (SSSR count). The van der Waals surface area contributed by atoms with Crippen molar-refractivity contribution in [3.05, 3.63) is 0 Å². The van der Waals surface area contributed by atoms with Gasteiger partial charge in [0, 0.05) is 25.7 Å². The van der Waals surface area contributed by atoms with Crippen LogP contribution >= 0.6 is 0 Å². The van der Waals surface area contributed by atoms with E-state index in [1.54, 1.807) is 0 Å². The van der Waals surface area contributed by atoms with E-state index >= 15 is 0 Å². The molecule has 3 amide bonds. The van der Waals surface area contributed by atoms with Crippen molar-refractivity contribution in [1.82, 2.24) is 24.7 Å². The van der Waals surface area contributed by atoms with Crippen molar-refractivity contribution < 1.29 is 24.0 Å². The molecular weight excluding hydrogens is 546 g/mol. The average Bonchev–Trinajstić information content (AvgIpc) is 2.91. The number of carbonyl (C=O) groups is 3. The molecule has 1 unspecified atom stereocenters. The number of amides is 3. The SMILES string of the molecule is CC(C)C[C@H]1ON(CCCC2CCN(C(=O)OC(C)(C)C)CC2)C2CN(C3CCN(C)CC3)C(=O)[C@H](CC(C)C)N2C1=O. The molecule has 10 heteroatoms. The van der Waals surface area contributed by atoms with Crippen LogP contribution in [0.1, 0.15) is 99.8 Å². The lowest BCUT2D eigenvalue weighted by Crippen LogP contribution is -2.74. The number of nitrogens with zero attached hydrogens (tertiary/aromatic N) is 5. The Morgan fingerprint density at radius 2 is 1.56 bits per heavy atom. The molecule has 4 aliphatic rings. The zero-order valence-electron chi connectivity index (χ0n) is 28.2. The van der Waals surface area contributed by atoms with Gasteiger partial charge in [-0.15, -0.1) is 0 Å². The molecule has 0 bridgehead atoms. The van der Waals surface area contributed by atoms with E-state index in [0.29, 0.717) is 37.1 Å². The van der Waals surface area contributed by atoms with Gasteiger partial charge in [-0.1, -0.05) is 27.7 Å². The number of hydrogen-bond acceptors (Lipinski definition) is 7. The Hall–Kier alpha value is -1.91. The van der Waals surface area contributed by atoms with Crippen molar-refractivity contribution in [3.63, 3.8) is 0 Å². The zero-order valence-corrected chi connectivity index (χ0v) is 28.2. The fourth-order valence-corrected chi connectivity index (χ4v) is 7.18. The maximum atomic E-state index is 14.1. The number of carbonyl (C=O) groups excluding carboxylic acids is 3. The van der Waals surface area contributed by atoms with E-state index in [9.17, 15) is 14.4 Å². The number of hydroxylamine groups is 2. The molecule has 4 saturated heterocycles. The maximum Gasteiger partial charge on any atom is 0.410 e. The van der Waals surface area contributed by atoms with Crippen LogP contribution in [0.15, 0.2) is 0 Å². The van der Waals surface area contributed by atoms with Crippen LogP contribution in [-0.4, -0.2) is 119 Å². The Labute approximate surface area is 260 Å². The quantitative estimate of drug-likeness (QED) is 0.380. The molecule has 0 aromatic carbocycles. The number of likely N-dealkylation sites (tertiary alicyclic amines) is 2. The van der Waals surface area contributed by atoms with Crippen molar-refractivity contribution in [2.24, 2.45) is 17.8 Å². The lowest BCUT2D eigenvalue weighted by atomic mass is 9.91. The lowest BCUT2D eigenvalue weighted by molar-refractivity contribution is -0.290. The monoisotopic (exact) mass is 605 g/mol. The summed E-state index contributed by atoms with van der Waals surface area (Å²) in [4.78, 5) is 55.2. The minimum atomic E-state index is -0.550. The molecule has 0 aliphatic carbocycles. The normalized spacial score (nSPS) is 27.4. The summed E-state index contributed by atoms with van der Waals surface area (Å²) in [5.41, 5.74) is -0.480. The summed E-state index contributed by atoms with van der Waals surface area (Å²) < 4.78 is 5.57. The molecular formula is C33H59N5O5. The molecule has 3 atom stereocenters. The first-order chi connectivity index (χ1) is 20.2. The van der Waals surface area contributed by atoms with Gasteiger partial charge < -0.3 is 24.3 Å². The van der Waals surface area contributed by atoms with Crippen LogP contribution in [0.3, 0.4) is 0 Å². The topological polar surface area (TPSA) is 85.9 Å². The number of rotatable bonds is 9. The zero-order chi connectivity index (χ0) is 31.5. The standard InChI is InChI=1S/C33H59N5O5/c1-23(2)20-27-30(39)36(26-13-16-34(8)17-14-26)22-29-37(43-28(21-24(3)4)31(40)38(27)29)15-9-10-25-11-18-35(19-12-25)32(41)42-33(5,6)7/h23-29H,9-22H2,1-8H3/t27-,28+,29?/m0/s1. The van der Waals surface area contributed by atoms with Gasteiger partial charge in [0.05, 0.1) is 6.54 Å². The summed E-state index contributed by atoms with van der Waals surface area (Å²) in [6, 6.07) is -0.231. The van der Waals surface area contributed by atoms with Crippen molar-refractivity contribution in [3.8, 4) is 0 Å². The second-order valence-electron chi connectivity index (χ2n) is 15.3. The van der Waals surface area contributed by atoms with E-state index < -0.39 is 17.7 Å². The molecule has 4 aliphatic heterocycles. The summed E-state index contributed by atoms with van der Waals surface area (Å²) in [6.45, 7) is 18.9. The lowest BCUT2D eigenvalue weighted by Gasteiger charge is -2.55. The summed E-state index contributed by atoms with van der Waals surface area (Å²) in [5, 5.41) is 2.06. The van der Waals surface area contributed by atoms with E-state index in [-0.39, 0.29) is 30.1 Å². The molecule has 10 nitrogen and oxygen atoms in total. The molecule has 0 saturated carbocycles. The van der Waals surface area contributed by atoms with Gasteiger partial charge in [-0.3, -0.25) is 14.4 Å². The fraction of sp³-hybridized carbons (Fsp3) is 0.909. The highest BCUT2D eigenvalue weighted by Gasteiger charge is 2.52.